The Morgan fingerprint density at radius 1 is 1.18 bits per heavy atom. The fraction of sp³-hybridized carbons (Fsp3) is 0.944. The summed E-state index contributed by atoms with van der Waals surface area (Å²) in [6.07, 6.45) is 10.0. The summed E-state index contributed by atoms with van der Waals surface area (Å²) in [6.45, 7) is 5.44. The second-order valence-electron chi connectivity index (χ2n) is 8.19. The van der Waals surface area contributed by atoms with Crippen LogP contribution in [0.4, 0.5) is 0 Å². The number of fused-ring (bicyclic) bond motifs is 1. The Morgan fingerprint density at radius 2 is 2.00 bits per heavy atom. The zero-order chi connectivity index (χ0) is 15.0. The number of rotatable bonds is 7. The van der Waals surface area contributed by atoms with Gasteiger partial charge in [-0.1, -0.05) is 0 Å². The summed E-state index contributed by atoms with van der Waals surface area (Å²) in [6, 6.07) is 0. The van der Waals surface area contributed by atoms with E-state index >= 15 is 0 Å². The molecule has 2 aliphatic heterocycles. The molecule has 0 aromatic heterocycles. The Morgan fingerprint density at radius 3 is 2.77 bits per heavy atom. The highest BCUT2D eigenvalue weighted by Gasteiger charge is 2.47. The summed E-state index contributed by atoms with van der Waals surface area (Å²) >= 11 is 0. The summed E-state index contributed by atoms with van der Waals surface area (Å²) in [5, 5.41) is 3.16. The van der Waals surface area contributed by atoms with Crippen molar-refractivity contribution < 1.29 is 9.53 Å². The van der Waals surface area contributed by atoms with Crippen LogP contribution in [0.1, 0.15) is 51.4 Å². The third-order valence-electron chi connectivity index (χ3n) is 6.18. The molecule has 0 bridgehead atoms. The maximum Gasteiger partial charge on any atom is 0.220 e. The molecule has 4 nitrogen and oxygen atoms in total. The predicted octanol–water partition coefficient (Wildman–Crippen LogP) is 2.18. The Bertz CT molecular complexity index is 419. The average Bonchev–Trinajstić information content (AvgIpc) is 3.40. The lowest BCUT2D eigenvalue weighted by atomic mass is 9.74. The number of amides is 1. The molecule has 0 spiro atoms. The maximum absolute atomic E-state index is 11.9. The molecule has 0 unspecified atom stereocenters. The van der Waals surface area contributed by atoms with Gasteiger partial charge in [-0.3, -0.25) is 4.79 Å². The Hall–Kier alpha value is -0.610. The van der Waals surface area contributed by atoms with Crippen LogP contribution in [-0.4, -0.2) is 49.7 Å². The largest absolute Gasteiger partial charge is 0.378 e. The average molecular weight is 306 g/mol. The molecule has 22 heavy (non-hydrogen) atoms. The van der Waals surface area contributed by atoms with Crippen molar-refractivity contribution in [2.75, 3.05) is 32.8 Å². The van der Waals surface area contributed by atoms with E-state index in [-0.39, 0.29) is 5.91 Å². The van der Waals surface area contributed by atoms with Gasteiger partial charge >= 0.3 is 0 Å². The van der Waals surface area contributed by atoms with Crippen molar-refractivity contribution in [1.29, 1.82) is 0 Å². The van der Waals surface area contributed by atoms with E-state index in [1.807, 2.05) is 0 Å². The lowest BCUT2D eigenvalue weighted by Crippen LogP contribution is -2.51. The van der Waals surface area contributed by atoms with Crippen LogP contribution < -0.4 is 5.32 Å². The summed E-state index contributed by atoms with van der Waals surface area (Å²) in [7, 11) is 0. The zero-order valence-electron chi connectivity index (χ0n) is 13.7. The minimum Gasteiger partial charge on any atom is -0.378 e. The van der Waals surface area contributed by atoms with Crippen molar-refractivity contribution in [3.05, 3.63) is 0 Å². The fourth-order valence-electron chi connectivity index (χ4n) is 4.43. The van der Waals surface area contributed by atoms with Crippen molar-refractivity contribution in [1.82, 2.24) is 10.2 Å². The first-order valence-electron chi connectivity index (χ1n) is 9.34. The number of ether oxygens (including phenoxy) is 1. The van der Waals surface area contributed by atoms with Crippen LogP contribution in [0, 0.1) is 17.3 Å². The molecule has 0 aromatic carbocycles. The van der Waals surface area contributed by atoms with Gasteiger partial charge in [0.1, 0.15) is 0 Å². The molecule has 4 aliphatic rings. The second-order valence-corrected chi connectivity index (χ2v) is 8.19. The third kappa shape index (κ3) is 3.48. The topological polar surface area (TPSA) is 41.6 Å². The maximum atomic E-state index is 11.9. The minimum absolute atomic E-state index is 0.264. The van der Waals surface area contributed by atoms with Crippen LogP contribution in [0.25, 0.3) is 0 Å². The molecule has 4 rings (SSSR count). The monoisotopic (exact) mass is 306 g/mol. The summed E-state index contributed by atoms with van der Waals surface area (Å²) in [5.41, 5.74) is 0.306. The van der Waals surface area contributed by atoms with Gasteiger partial charge in [0, 0.05) is 44.6 Å². The van der Waals surface area contributed by atoms with Gasteiger partial charge < -0.3 is 15.0 Å². The van der Waals surface area contributed by atoms with Crippen molar-refractivity contribution in [2.24, 2.45) is 17.3 Å². The van der Waals surface area contributed by atoms with E-state index in [4.69, 9.17) is 4.74 Å². The number of carbonyl (C=O) groups excluding carboxylic acids is 1. The highest BCUT2D eigenvalue weighted by molar-refractivity contribution is 5.76. The van der Waals surface area contributed by atoms with Crippen LogP contribution in [-0.2, 0) is 9.53 Å². The van der Waals surface area contributed by atoms with Crippen molar-refractivity contribution in [3.8, 4) is 0 Å². The van der Waals surface area contributed by atoms with Gasteiger partial charge in [-0.05, 0) is 56.8 Å². The lowest BCUT2D eigenvalue weighted by Gasteiger charge is -2.44. The van der Waals surface area contributed by atoms with Crippen molar-refractivity contribution >= 4 is 5.91 Å². The minimum atomic E-state index is 0.264. The number of hydrogen-bond donors (Lipinski definition) is 1. The van der Waals surface area contributed by atoms with Crippen LogP contribution in [0.2, 0.25) is 0 Å². The molecule has 2 saturated carbocycles. The first-order chi connectivity index (χ1) is 10.7. The van der Waals surface area contributed by atoms with Gasteiger partial charge in [-0.25, -0.2) is 0 Å². The Kier molecular flexibility index (Phi) is 4.16. The van der Waals surface area contributed by atoms with E-state index in [1.54, 1.807) is 0 Å². The molecule has 2 aliphatic carbocycles. The first-order valence-corrected chi connectivity index (χ1v) is 9.34. The quantitative estimate of drug-likeness (QED) is 0.784. The number of piperidine rings is 1. The SMILES string of the molecule is O=C(CC1CC1)NCC[C@]12CCO[C@H]1CCN(CC1CC1)C2. The van der Waals surface area contributed by atoms with E-state index in [1.165, 1.54) is 58.2 Å². The van der Waals surface area contributed by atoms with Crippen molar-refractivity contribution in [3.63, 3.8) is 0 Å². The van der Waals surface area contributed by atoms with Gasteiger partial charge in [0.2, 0.25) is 5.91 Å². The van der Waals surface area contributed by atoms with Gasteiger partial charge in [-0.15, -0.1) is 0 Å². The zero-order valence-corrected chi connectivity index (χ0v) is 13.7. The molecular weight excluding hydrogens is 276 g/mol. The molecule has 4 fully saturated rings. The number of carbonyl (C=O) groups is 1. The lowest BCUT2D eigenvalue weighted by molar-refractivity contribution is -0.121. The highest BCUT2D eigenvalue weighted by Crippen LogP contribution is 2.44. The number of hydrogen-bond acceptors (Lipinski definition) is 3. The Balaban J connectivity index is 1.28. The number of nitrogens with one attached hydrogen (secondary N) is 1. The molecule has 2 atom stereocenters. The van der Waals surface area contributed by atoms with E-state index in [9.17, 15) is 4.79 Å². The van der Waals surface area contributed by atoms with Crippen LogP contribution in [0.3, 0.4) is 0 Å². The van der Waals surface area contributed by atoms with E-state index < -0.39 is 0 Å². The van der Waals surface area contributed by atoms with E-state index in [0.29, 0.717) is 17.4 Å². The van der Waals surface area contributed by atoms with Crippen molar-refractivity contribution in [2.45, 2.75) is 57.5 Å². The Labute approximate surface area is 134 Å². The molecular formula is C18H30N2O2. The fourth-order valence-corrected chi connectivity index (χ4v) is 4.43. The first kappa shape index (κ1) is 14.9. The highest BCUT2D eigenvalue weighted by atomic mass is 16.5. The summed E-state index contributed by atoms with van der Waals surface area (Å²) < 4.78 is 6.02. The molecule has 2 heterocycles. The van der Waals surface area contributed by atoms with Gasteiger partial charge in [-0.2, -0.15) is 0 Å². The predicted molar refractivity (Wildman–Crippen MR) is 85.5 cm³/mol. The van der Waals surface area contributed by atoms with E-state index in [2.05, 4.69) is 10.2 Å². The van der Waals surface area contributed by atoms with Gasteiger partial charge in [0.25, 0.3) is 0 Å². The molecule has 0 radical (unpaired) electrons. The molecule has 2 saturated heterocycles. The standard InChI is InChI=1S/C18H30N2O2/c21-17(11-14-1-2-14)19-8-6-18-7-10-22-16(18)5-9-20(13-18)12-15-3-4-15/h14-16H,1-13H2,(H,19,21)/t16-,18+/m0/s1. The molecule has 0 aromatic rings. The van der Waals surface area contributed by atoms with Gasteiger partial charge in [0.15, 0.2) is 0 Å². The molecule has 1 amide bonds. The number of likely N-dealkylation sites (tertiary alicyclic amines) is 1. The molecule has 124 valence electrons. The molecule has 4 heteroatoms. The van der Waals surface area contributed by atoms with Gasteiger partial charge in [0.05, 0.1) is 6.10 Å². The molecule has 1 N–H and O–H groups in total. The van der Waals surface area contributed by atoms with Crippen LogP contribution in [0.5, 0.6) is 0 Å². The third-order valence-corrected chi connectivity index (χ3v) is 6.18. The summed E-state index contributed by atoms with van der Waals surface area (Å²) in [4.78, 5) is 14.6. The smallest absolute Gasteiger partial charge is 0.220 e. The van der Waals surface area contributed by atoms with Crippen LogP contribution in [0.15, 0.2) is 0 Å². The second kappa shape index (κ2) is 6.12. The summed E-state index contributed by atoms with van der Waals surface area (Å²) in [5.74, 6) is 1.92. The normalized spacial score (nSPS) is 35.4. The van der Waals surface area contributed by atoms with Crippen LogP contribution >= 0.6 is 0 Å². The van der Waals surface area contributed by atoms with E-state index in [0.717, 1.165) is 31.9 Å². The number of nitrogens with zero attached hydrogens (tertiary/aromatic N) is 1.